The van der Waals surface area contributed by atoms with Crippen LogP contribution < -0.4 is 50.1 Å². The molecule has 2 aromatic heterocycles. The molecule has 2 aliphatic heterocycles. The minimum atomic E-state index is -4.16. The molecule has 6 aromatic rings. The van der Waals surface area contributed by atoms with Crippen LogP contribution in [0.3, 0.4) is 0 Å². The summed E-state index contributed by atoms with van der Waals surface area (Å²) in [4.78, 5) is 123. The van der Waals surface area contributed by atoms with E-state index in [2.05, 4.69) is 71.2 Å². The number of sulfonamides is 2. The monoisotopic (exact) mass is 1980 g/mol. The van der Waals surface area contributed by atoms with E-state index in [0.717, 1.165) is 17.5 Å². The maximum Gasteiger partial charge on any atom is 0.408 e. The molecule has 0 spiro atoms. The number of likely N-dealkylation sites (tertiary alicyclic amines) is 2. The van der Waals surface area contributed by atoms with Gasteiger partial charge in [0.15, 0.2) is 0 Å². The zero-order valence-corrected chi connectivity index (χ0v) is 79.8. The van der Waals surface area contributed by atoms with Crippen molar-refractivity contribution < 1.29 is 120 Å². The van der Waals surface area contributed by atoms with E-state index in [4.69, 9.17) is 44.9 Å². The maximum atomic E-state index is 14.8. The summed E-state index contributed by atoms with van der Waals surface area (Å²) in [5, 5.41) is 27.5. The van der Waals surface area contributed by atoms with Gasteiger partial charge in [-0.1, -0.05) is 128 Å². The summed E-state index contributed by atoms with van der Waals surface area (Å²) in [6, 6.07) is 29.1. The zero-order chi connectivity index (χ0) is 92.4. The predicted octanol–water partition coefficient (Wildman–Crippen LogP) is 11.3. The molecule has 0 unspecified atom stereocenters. The topological polar surface area (TPSA) is 399 Å². The summed E-state index contributed by atoms with van der Waals surface area (Å²) in [5.41, 5.74) is -2.21. The molecule has 4 aromatic carbocycles. The number of nitrogens with one attached hydrogen (secondary N) is 5. The number of rotatable bonds is 25. The van der Waals surface area contributed by atoms with E-state index in [1.807, 2.05) is 105 Å². The van der Waals surface area contributed by atoms with Gasteiger partial charge in [0, 0.05) is 136 Å². The molecular weight excluding hydrogens is 1860 g/mol. The van der Waals surface area contributed by atoms with Crippen molar-refractivity contribution in [2.24, 2.45) is 27.8 Å². The Labute approximate surface area is 760 Å². The molecule has 4 aliphatic carbocycles. The summed E-state index contributed by atoms with van der Waals surface area (Å²) in [5.74, 6) is 8.15. The summed E-state index contributed by atoms with van der Waals surface area (Å²) < 4.78 is 90.2. The number of carbonyl (C=O) groups excluding carboxylic acids is 7. The van der Waals surface area contributed by atoms with Gasteiger partial charge in [0.1, 0.15) is 86.4 Å². The van der Waals surface area contributed by atoms with Gasteiger partial charge in [-0.15, -0.1) is 36.8 Å². The Balaban J connectivity index is 0.000000272. The summed E-state index contributed by atoms with van der Waals surface area (Å²) in [6.45, 7) is 32.3. The number of hydrogen-bond acceptors (Lipinski definition) is 20. The number of amides is 7. The van der Waals surface area contributed by atoms with Crippen molar-refractivity contribution >= 4 is 97.9 Å². The largest absolute Gasteiger partial charge is 0.497 e. The molecular formula is C92H117BN10O19S2U. The number of alkyl carbamates (subject to hydrolysis) is 2. The number of carboxylic acid groups (broad SMARTS) is 1. The number of carbonyl (C=O) groups is 8. The zero-order valence-electron chi connectivity index (χ0n) is 75.0. The van der Waals surface area contributed by atoms with Gasteiger partial charge in [0.05, 0.1) is 54.5 Å². The van der Waals surface area contributed by atoms with Crippen molar-refractivity contribution in [2.45, 2.75) is 242 Å². The molecule has 29 nitrogen and oxygen atoms in total. The van der Waals surface area contributed by atoms with Gasteiger partial charge in [-0.05, 0) is 116 Å². The van der Waals surface area contributed by atoms with Crippen LogP contribution >= 0.6 is 0 Å². The summed E-state index contributed by atoms with van der Waals surface area (Å²) in [6.07, 6.45) is 4.24. The van der Waals surface area contributed by atoms with Gasteiger partial charge < -0.3 is 64.6 Å². The number of hydrogen-bond donors (Lipinski definition) is 7. The van der Waals surface area contributed by atoms with Crippen LogP contribution in [0, 0.1) is 77.5 Å². The first-order chi connectivity index (χ1) is 58.6. The Morgan fingerprint density at radius 2 is 0.960 bits per heavy atom. The Hall–Kier alpha value is -10.2. The second-order valence-electron chi connectivity index (χ2n) is 36.3. The number of primary sulfonamides is 1. The molecule has 125 heavy (non-hydrogen) atoms. The third-order valence-corrected chi connectivity index (χ3v) is 26.4. The first kappa shape index (κ1) is 98.6. The van der Waals surface area contributed by atoms with Crippen molar-refractivity contribution in [1.29, 1.82) is 1.34 Å². The Kier molecular flexibility index (Phi) is 31.4. The molecule has 2 saturated heterocycles. The normalized spacial score (nSPS) is 21.7. The van der Waals surface area contributed by atoms with E-state index >= 15 is 0 Å². The number of carboxylic acids is 1. The van der Waals surface area contributed by atoms with Crippen LogP contribution in [0.5, 0.6) is 23.0 Å². The van der Waals surface area contributed by atoms with Crippen LogP contribution in [0.2, 0.25) is 0 Å². The van der Waals surface area contributed by atoms with Gasteiger partial charge in [-0.25, -0.2) is 46.3 Å². The first-order valence-corrected chi connectivity index (χ1v) is 44.3. The number of methoxy groups -OCH3 is 2. The predicted molar refractivity (Wildman–Crippen MR) is 474 cm³/mol. The SMILES string of the molecule is C=C[C@@H]1C[C@]1(NC(=O)[C@@H]1C[C@@H](Oc2cc(-c3ccccc3)nc3cc(OC)ccc23)CN1C(=O)[C@@H](NC(=O)OC(C)(C)C)C(C)(C)C)C(=O)NS(=O)(=O)C1(CC#CCC)CC1.C=C[C@@H]1C[C@]1(NC(=O)[C@@H]1C[C@@H](Oc2cc(-c3ccccc3)nc3cc(OC)ccc23)CN1C(=O)[C@@H](NC(=O)OC(C)(C)C)C(C)(C)C)C(=O)O.CCC#CCC1(S(N)(=O)=O)CC1.[2H][B].[U]. The van der Waals surface area contributed by atoms with Crippen LogP contribution in [-0.4, -0.2) is 195 Å². The van der Waals surface area contributed by atoms with Gasteiger partial charge in [0.2, 0.25) is 43.7 Å². The van der Waals surface area contributed by atoms with Crippen molar-refractivity contribution in [3.8, 4) is 69.2 Å². The molecule has 2 radical (unpaired) electrons. The van der Waals surface area contributed by atoms with E-state index in [0.29, 0.717) is 94.7 Å². The first-order valence-electron chi connectivity index (χ1n) is 41.9. The second kappa shape index (κ2) is 39.8. The van der Waals surface area contributed by atoms with Crippen LogP contribution in [0.4, 0.5) is 9.59 Å². The molecule has 668 valence electrons. The summed E-state index contributed by atoms with van der Waals surface area (Å²) >= 11 is 0. The molecule has 6 aliphatic rings. The average molecular weight is 1980 g/mol. The molecule has 6 fully saturated rings. The van der Waals surface area contributed by atoms with E-state index in [1.165, 1.54) is 22.0 Å². The van der Waals surface area contributed by atoms with Crippen LogP contribution in [0.25, 0.3) is 44.3 Å². The minimum Gasteiger partial charge on any atom is -0.497 e. The van der Waals surface area contributed by atoms with Crippen molar-refractivity contribution in [3.05, 3.63) is 135 Å². The standard InChI is InChI=1S/C46H57N5O9S.C38H46N4O8.C8H13NO2S.BH.U/c1-10-12-16-21-45(22-23-45)61(56,57)50-41(54)46(27-30(46)11-2)49-39(52)36-25-32(28-51(36)40(53)38(43(3,4)5)48-42(55)60-44(6,7)8)59-37-26-34(29-17-14-13-15-18-29)47-35-24-31(58-9)19-20-33(35)37;1-9-23-20-38(23,34(45)46)41-32(43)29-18-25(21-42(29)33(44)31(36(2,3)4)40-35(47)50-37(5,6)7)49-30-19-27(22-13-11-10-12-14-22)39-28-17-24(48-8)15-16-26(28)30;1-2-3-4-5-8(6-7-8)12(9,10)11;;/h11,13-15,17-20,24,26,30,32,36,38H,2,10,21-23,25,27-28H2,1,3-9H3,(H,48,55)(H,49,52)(H,50,54);9-17,19,23,25,29,31H,1,18,20-21H2,2-8H3,(H,40,47)(H,41,43)(H,45,46);2,5-7H2,1H3,(H2,9,10,11);1H;/t30-,32-,36+,38-,46-;23-,25-,29+,31-,38-;;;/m11.../s1/i;;;1D;. The fraction of sp³-hybridized carbons (Fsp3) is 0.500. The minimum absolute atomic E-state index is 0. The van der Waals surface area contributed by atoms with Gasteiger partial charge in [0.25, 0.3) is 5.91 Å². The number of aliphatic carboxylic acids is 1. The molecule has 33 heteroatoms. The molecule has 4 heterocycles. The van der Waals surface area contributed by atoms with Crippen molar-refractivity contribution in [1.82, 2.24) is 45.8 Å². The molecule has 10 atom stereocenters. The Morgan fingerprint density at radius 1 is 0.584 bits per heavy atom. The number of ether oxygens (including phenoxy) is 6. The summed E-state index contributed by atoms with van der Waals surface area (Å²) in [7, 11) is -0.645. The third kappa shape index (κ3) is 24.1. The molecule has 4 saturated carbocycles. The number of aromatic nitrogens is 2. The van der Waals surface area contributed by atoms with Gasteiger partial charge in [-0.3, -0.25) is 28.7 Å². The molecule has 12 rings (SSSR count). The second-order valence-corrected chi connectivity index (χ2v) is 40.3. The van der Waals surface area contributed by atoms with E-state index in [9.17, 15) is 60.3 Å². The van der Waals surface area contributed by atoms with Gasteiger partial charge in [-0.2, -0.15) is 0 Å². The van der Waals surface area contributed by atoms with E-state index in [-0.39, 0.29) is 76.3 Å². The number of fused-ring (bicyclic) bond motifs is 2. The van der Waals surface area contributed by atoms with Gasteiger partial charge >= 0.3 is 18.2 Å². The van der Waals surface area contributed by atoms with Crippen LogP contribution in [0.15, 0.2) is 135 Å². The maximum absolute atomic E-state index is 14.8. The van der Waals surface area contributed by atoms with Crippen LogP contribution in [-0.2, 0) is 58.3 Å². The van der Waals surface area contributed by atoms with E-state index < -0.39 is 159 Å². The number of nitrogens with two attached hydrogens (primary N) is 1. The molecule has 0 bridgehead atoms. The fourth-order valence-electron chi connectivity index (χ4n) is 15.0. The number of benzene rings is 4. The Morgan fingerprint density at radius 3 is 1.29 bits per heavy atom. The Bertz CT molecular complexity index is 5420. The quantitative estimate of drug-likeness (QED) is 0.0159. The van der Waals surface area contributed by atoms with Crippen LogP contribution in [0.1, 0.15) is 174 Å². The van der Waals surface area contributed by atoms with Crippen molar-refractivity contribution in [2.75, 3.05) is 27.3 Å². The van der Waals surface area contributed by atoms with Crippen molar-refractivity contribution in [3.63, 3.8) is 0 Å². The number of pyridine rings is 2. The average Bonchev–Trinajstić information content (AvgIpc) is 1.56. The third-order valence-electron chi connectivity index (χ3n) is 22.4. The van der Waals surface area contributed by atoms with E-state index in [1.54, 1.807) is 116 Å². The smallest absolute Gasteiger partial charge is 0.408 e. The molecule has 7 amide bonds. The fourth-order valence-corrected chi connectivity index (χ4v) is 17.4. The number of nitrogens with zero attached hydrogens (tertiary/aromatic N) is 4. The molecule has 8 N–H and O–H groups in total.